The Labute approximate surface area is 112 Å². The van der Waals surface area contributed by atoms with Crippen LogP contribution in [0.4, 0.5) is 4.39 Å². The summed E-state index contributed by atoms with van der Waals surface area (Å²) in [5.41, 5.74) is 1.68. The smallest absolute Gasteiger partial charge is 0.335 e. The number of carbonyl (C=O) groups is 1. The summed E-state index contributed by atoms with van der Waals surface area (Å²) in [6.45, 7) is 0. The van der Waals surface area contributed by atoms with Crippen LogP contribution in [-0.4, -0.2) is 11.1 Å². The van der Waals surface area contributed by atoms with Gasteiger partial charge in [0.25, 0.3) is 0 Å². The Kier molecular flexibility index (Phi) is 3.77. The molecule has 0 saturated heterocycles. The van der Waals surface area contributed by atoms with E-state index in [1.165, 1.54) is 18.2 Å². The van der Waals surface area contributed by atoms with Crippen molar-refractivity contribution in [2.45, 2.75) is 6.42 Å². The maximum absolute atomic E-state index is 13.5. The van der Waals surface area contributed by atoms with Gasteiger partial charge in [-0.1, -0.05) is 28.1 Å². The summed E-state index contributed by atoms with van der Waals surface area (Å²) in [5.74, 6) is -1.23. The highest BCUT2D eigenvalue weighted by molar-refractivity contribution is 9.10. The van der Waals surface area contributed by atoms with Crippen LogP contribution in [-0.2, 0) is 6.42 Å². The number of rotatable bonds is 3. The summed E-state index contributed by atoms with van der Waals surface area (Å²) in [6.07, 6.45) is 0.436. The Bertz CT molecular complexity index is 579. The molecule has 0 spiro atoms. The van der Waals surface area contributed by atoms with E-state index < -0.39 is 5.97 Å². The molecule has 0 atom stereocenters. The van der Waals surface area contributed by atoms with Crippen molar-refractivity contribution in [3.63, 3.8) is 0 Å². The van der Waals surface area contributed by atoms with E-state index >= 15 is 0 Å². The van der Waals surface area contributed by atoms with E-state index in [9.17, 15) is 9.18 Å². The zero-order valence-electron chi connectivity index (χ0n) is 9.36. The van der Waals surface area contributed by atoms with Crippen molar-refractivity contribution in [3.8, 4) is 0 Å². The molecule has 0 aliphatic heterocycles. The van der Waals surface area contributed by atoms with Crippen LogP contribution < -0.4 is 0 Å². The first kappa shape index (κ1) is 12.8. The topological polar surface area (TPSA) is 37.3 Å². The zero-order valence-corrected chi connectivity index (χ0v) is 10.9. The minimum atomic E-state index is -0.963. The summed E-state index contributed by atoms with van der Waals surface area (Å²) in [6, 6.07) is 11.2. The second kappa shape index (κ2) is 5.31. The van der Waals surface area contributed by atoms with Gasteiger partial charge >= 0.3 is 5.97 Å². The highest BCUT2D eigenvalue weighted by atomic mass is 79.9. The molecule has 0 unspecified atom stereocenters. The van der Waals surface area contributed by atoms with E-state index in [2.05, 4.69) is 15.9 Å². The normalized spacial score (nSPS) is 10.3. The van der Waals surface area contributed by atoms with Gasteiger partial charge in [-0.05, 0) is 41.5 Å². The average Bonchev–Trinajstić information content (AvgIpc) is 2.34. The molecule has 2 aromatic carbocycles. The Hall–Kier alpha value is -1.68. The number of halogens is 2. The van der Waals surface area contributed by atoms with E-state index in [-0.39, 0.29) is 11.4 Å². The van der Waals surface area contributed by atoms with Gasteiger partial charge in [0.05, 0.1) is 5.56 Å². The predicted octanol–water partition coefficient (Wildman–Crippen LogP) is 3.88. The predicted molar refractivity (Wildman–Crippen MR) is 70.3 cm³/mol. The monoisotopic (exact) mass is 308 g/mol. The molecule has 0 aromatic heterocycles. The molecule has 0 aliphatic carbocycles. The van der Waals surface area contributed by atoms with Crippen LogP contribution in [0.3, 0.4) is 0 Å². The summed E-state index contributed by atoms with van der Waals surface area (Å²) in [5, 5.41) is 8.78. The first-order valence-electron chi connectivity index (χ1n) is 5.32. The van der Waals surface area contributed by atoms with E-state index in [0.717, 1.165) is 10.0 Å². The van der Waals surface area contributed by atoms with Gasteiger partial charge in [0.15, 0.2) is 0 Å². The van der Waals surface area contributed by atoms with Crippen LogP contribution in [0, 0.1) is 5.82 Å². The van der Waals surface area contributed by atoms with E-state index in [0.29, 0.717) is 12.0 Å². The zero-order chi connectivity index (χ0) is 13.1. The Morgan fingerprint density at radius 3 is 2.44 bits per heavy atom. The van der Waals surface area contributed by atoms with E-state index in [1.54, 1.807) is 24.3 Å². The maximum Gasteiger partial charge on any atom is 0.335 e. The fraction of sp³-hybridized carbons (Fsp3) is 0.0714. The van der Waals surface area contributed by atoms with Crippen molar-refractivity contribution in [1.82, 2.24) is 0 Å². The Morgan fingerprint density at radius 1 is 1.17 bits per heavy atom. The van der Waals surface area contributed by atoms with Gasteiger partial charge in [-0.15, -0.1) is 0 Å². The van der Waals surface area contributed by atoms with Gasteiger partial charge < -0.3 is 5.11 Å². The lowest BCUT2D eigenvalue weighted by atomic mass is 10.0. The molecule has 4 heteroatoms. The molecule has 18 heavy (non-hydrogen) atoms. The fourth-order valence-corrected chi connectivity index (χ4v) is 2.07. The van der Waals surface area contributed by atoms with Crippen molar-refractivity contribution in [2.24, 2.45) is 0 Å². The van der Waals surface area contributed by atoms with Gasteiger partial charge in [0.2, 0.25) is 0 Å². The van der Waals surface area contributed by atoms with Crippen LogP contribution >= 0.6 is 15.9 Å². The largest absolute Gasteiger partial charge is 0.478 e. The molecule has 0 radical (unpaired) electrons. The number of carboxylic acid groups (broad SMARTS) is 1. The second-order valence-corrected chi connectivity index (χ2v) is 4.83. The average molecular weight is 309 g/mol. The minimum absolute atomic E-state index is 0.230. The van der Waals surface area contributed by atoms with Crippen LogP contribution in [0.1, 0.15) is 21.5 Å². The number of hydrogen-bond donors (Lipinski definition) is 1. The minimum Gasteiger partial charge on any atom is -0.478 e. The van der Waals surface area contributed by atoms with E-state index in [1.807, 2.05) is 0 Å². The van der Waals surface area contributed by atoms with Crippen molar-refractivity contribution < 1.29 is 14.3 Å². The molecule has 0 fully saturated rings. The first-order valence-corrected chi connectivity index (χ1v) is 6.12. The van der Waals surface area contributed by atoms with Gasteiger partial charge in [-0.25, -0.2) is 9.18 Å². The van der Waals surface area contributed by atoms with Gasteiger partial charge in [0, 0.05) is 10.9 Å². The molecule has 0 heterocycles. The summed E-state index contributed by atoms with van der Waals surface area (Å²) in [7, 11) is 0. The molecule has 1 N–H and O–H groups in total. The SMILES string of the molecule is O=C(O)c1ccc(Cc2cc(Br)ccc2F)cc1. The fourth-order valence-electron chi connectivity index (χ4n) is 1.66. The van der Waals surface area contributed by atoms with Crippen LogP contribution in [0.2, 0.25) is 0 Å². The number of benzene rings is 2. The third kappa shape index (κ3) is 2.96. The standard InChI is InChI=1S/C14H10BrFO2/c15-12-5-6-13(16)11(8-12)7-9-1-3-10(4-2-9)14(17)18/h1-6,8H,7H2,(H,17,18). The van der Waals surface area contributed by atoms with Crippen LogP contribution in [0.15, 0.2) is 46.9 Å². The van der Waals surface area contributed by atoms with Crippen LogP contribution in [0.25, 0.3) is 0 Å². The van der Waals surface area contributed by atoms with Gasteiger partial charge in [-0.3, -0.25) is 0 Å². The number of aromatic carboxylic acids is 1. The van der Waals surface area contributed by atoms with Crippen molar-refractivity contribution >= 4 is 21.9 Å². The molecule has 0 amide bonds. The number of carboxylic acids is 1. The molecular weight excluding hydrogens is 299 g/mol. The Balaban J connectivity index is 2.23. The lowest BCUT2D eigenvalue weighted by molar-refractivity contribution is 0.0697. The molecule has 0 aliphatic rings. The molecular formula is C14H10BrFO2. The summed E-state index contributed by atoms with van der Waals surface area (Å²) in [4.78, 5) is 10.7. The Morgan fingerprint density at radius 2 is 1.83 bits per heavy atom. The molecule has 2 rings (SSSR count). The number of hydrogen-bond acceptors (Lipinski definition) is 1. The quantitative estimate of drug-likeness (QED) is 0.934. The third-order valence-electron chi connectivity index (χ3n) is 2.60. The third-order valence-corrected chi connectivity index (χ3v) is 3.10. The maximum atomic E-state index is 13.5. The lowest BCUT2D eigenvalue weighted by Crippen LogP contribution is -1.97. The van der Waals surface area contributed by atoms with Crippen molar-refractivity contribution in [3.05, 3.63) is 69.4 Å². The van der Waals surface area contributed by atoms with Gasteiger partial charge in [0.1, 0.15) is 5.82 Å². The molecule has 0 saturated carbocycles. The highest BCUT2D eigenvalue weighted by Gasteiger charge is 2.06. The summed E-state index contributed by atoms with van der Waals surface area (Å²) < 4.78 is 14.4. The molecule has 2 aromatic rings. The highest BCUT2D eigenvalue weighted by Crippen LogP contribution is 2.19. The first-order chi connectivity index (χ1) is 8.56. The summed E-state index contributed by atoms with van der Waals surface area (Å²) >= 11 is 3.30. The van der Waals surface area contributed by atoms with Crippen molar-refractivity contribution in [1.29, 1.82) is 0 Å². The van der Waals surface area contributed by atoms with Gasteiger partial charge in [-0.2, -0.15) is 0 Å². The van der Waals surface area contributed by atoms with Crippen molar-refractivity contribution in [2.75, 3.05) is 0 Å². The second-order valence-electron chi connectivity index (χ2n) is 3.91. The van der Waals surface area contributed by atoms with E-state index in [4.69, 9.17) is 5.11 Å². The molecule has 92 valence electrons. The van der Waals surface area contributed by atoms with Crippen LogP contribution in [0.5, 0.6) is 0 Å². The lowest BCUT2D eigenvalue weighted by Gasteiger charge is -2.05. The molecule has 2 nitrogen and oxygen atoms in total. The molecule has 0 bridgehead atoms.